The predicted octanol–water partition coefficient (Wildman–Crippen LogP) is 3.64. The van der Waals surface area contributed by atoms with Gasteiger partial charge >= 0.3 is 12.0 Å². The zero-order valence-electron chi connectivity index (χ0n) is 11.7. The molecule has 5 nitrogen and oxygen atoms in total. The number of rotatable bonds is 3. The van der Waals surface area contributed by atoms with E-state index in [2.05, 4.69) is 10.6 Å². The standard InChI is InChI=1S/C15H19ClN2O3/c16-11-6-5-7-12(10-11)17-14(21)18-15(13(19)20)8-3-1-2-4-9-15/h5-7,10H,1-4,8-9H2,(H,19,20)(H2,17,18,21). The van der Waals surface area contributed by atoms with E-state index in [4.69, 9.17) is 11.6 Å². The predicted molar refractivity (Wildman–Crippen MR) is 81.7 cm³/mol. The van der Waals surface area contributed by atoms with Crippen molar-refractivity contribution < 1.29 is 14.7 Å². The Kier molecular flexibility index (Phi) is 5.07. The number of carbonyl (C=O) groups excluding carboxylic acids is 1. The van der Waals surface area contributed by atoms with Gasteiger partial charge in [0, 0.05) is 10.7 Å². The fourth-order valence-corrected chi connectivity index (χ4v) is 2.86. The molecule has 114 valence electrons. The number of anilines is 1. The van der Waals surface area contributed by atoms with Crippen molar-refractivity contribution in [1.82, 2.24) is 5.32 Å². The normalized spacial score (nSPS) is 17.6. The van der Waals surface area contributed by atoms with Crippen molar-refractivity contribution in [3.05, 3.63) is 29.3 Å². The Balaban J connectivity index is 2.06. The van der Waals surface area contributed by atoms with E-state index in [1.807, 2.05) is 0 Å². The lowest BCUT2D eigenvalue weighted by atomic mass is 9.90. The van der Waals surface area contributed by atoms with E-state index < -0.39 is 17.5 Å². The number of halogens is 1. The van der Waals surface area contributed by atoms with Crippen LogP contribution in [-0.2, 0) is 4.79 Å². The summed E-state index contributed by atoms with van der Waals surface area (Å²) in [6.07, 6.45) is 4.56. The lowest BCUT2D eigenvalue weighted by molar-refractivity contribution is -0.145. The number of aliphatic carboxylic acids is 1. The maximum Gasteiger partial charge on any atom is 0.329 e. The van der Waals surface area contributed by atoms with E-state index in [0.29, 0.717) is 23.6 Å². The van der Waals surface area contributed by atoms with Gasteiger partial charge in [-0.3, -0.25) is 0 Å². The van der Waals surface area contributed by atoms with Gasteiger partial charge in [-0.15, -0.1) is 0 Å². The van der Waals surface area contributed by atoms with Crippen LogP contribution in [0.2, 0.25) is 5.02 Å². The van der Waals surface area contributed by atoms with E-state index >= 15 is 0 Å². The number of carboxylic acid groups (broad SMARTS) is 1. The van der Waals surface area contributed by atoms with Crippen molar-refractivity contribution in [2.75, 3.05) is 5.32 Å². The molecule has 0 aromatic heterocycles. The molecule has 0 unspecified atom stereocenters. The third-order valence-corrected chi connectivity index (χ3v) is 4.04. The summed E-state index contributed by atoms with van der Waals surface area (Å²) in [5.41, 5.74) is -0.631. The average Bonchev–Trinajstić information content (AvgIpc) is 2.65. The highest BCUT2D eigenvalue weighted by Crippen LogP contribution is 2.27. The second-order valence-corrected chi connectivity index (χ2v) is 5.83. The molecule has 0 spiro atoms. The molecule has 1 aromatic rings. The summed E-state index contributed by atoms with van der Waals surface area (Å²) >= 11 is 5.85. The van der Waals surface area contributed by atoms with E-state index in [-0.39, 0.29) is 0 Å². The number of amides is 2. The summed E-state index contributed by atoms with van der Waals surface area (Å²) in [5.74, 6) is -0.967. The number of hydrogen-bond donors (Lipinski definition) is 3. The first-order valence-corrected chi connectivity index (χ1v) is 7.48. The second-order valence-electron chi connectivity index (χ2n) is 5.39. The summed E-state index contributed by atoms with van der Waals surface area (Å²) in [6.45, 7) is 0. The number of nitrogens with one attached hydrogen (secondary N) is 2. The molecule has 1 aliphatic rings. The molecular weight excluding hydrogens is 292 g/mol. The summed E-state index contributed by atoms with van der Waals surface area (Å²) in [6, 6.07) is 6.22. The molecular formula is C15H19ClN2O3. The highest BCUT2D eigenvalue weighted by atomic mass is 35.5. The van der Waals surface area contributed by atoms with Crippen LogP contribution in [0.25, 0.3) is 0 Å². The SMILES string of the molecule is O=C(Nc1cccc(Cl)c1)NC1(C(=O)O)CCCCCC1. The second kappa shape index (κ2) is 6.80. The molecule has 3 N–H and O–H groups in total. The van der Waals surface area contributed by atoms with Crippen molar-refractivity contribution in [2.24, 2.45) is 0 Å². The van der Waals surface area contributed by atoms with Crippen molar-refractivity contribution >= 4 is 29.3 Å². The lowest BCUT2D eigenvalue weighted by Crippen LogP contribution is -2.55. The summed E-state index contributed by atoms with van der Waals surface area (Å²) < 4.78 is 0. The first-order valence-electron chi connectivity index (χ1n) is 7.10. The fraction of sp³-hybridized carbons (Fsp3) is 0.467. The smallest absolute Gasteiger partial charge is 0.329 e. The first-order chi connectivity index (χ1) is 10.0. The minimum absolute atomic E-state index is 0.464. The van der Waals surface area contributed by atoms with Gasteiger partial charge in [0.25, 0.3) is 0 Å². The Morgan fingerprint density at radius 2 is 1.81 bits per heavy atom. The maximum absolute atomic E-state index is 12.1. The zero-order chi connectivity index (χ0) is 15.3. The van der Waals surface area contributed by atoms with E-state index in [1.54, 1.807) is 24.3 Å². The van der Waals surface area contributed by atoms with Crippen LogP contribution in [-0.4, -0.2) is 22.6 Å². The molecule has 2 rings (SSSR count). The maximum atomic E-state index is 12.1. The minimum atomic E-state index is -1.17. The van der Waals surface area contributed by atoms with E-state index in [0.717, 1.165) is 25.7 Å². The average molecular weight is 311 g/mol. The van der Waals surface area contributed by atoms with Crippen molar-refractivity contribution in [2.45, 2.75) is 44.1 Å². The molecule has 1 fully saturated rings. The first kappa shape index (κ1) is 15.6. The summed E-state index contributed by atoms with van der Waals surface area (Å²) in [7, 11) is 0. The van der Waals surface area contributed by atoms with Crippen LogP contribution in [0, 0.1) is 0 Å². The van der Waals surface area contributed by atoms with Crippen LogP contribution >= 0.6 is 11.6 Å². The Labute approximate surface area is 128 Å². The largest absolute Gasteiger partial charge is 0.480 e. The lowest BCUT2D eigenvalue weighted by Gasteiger charge is -2.29. The quantitative estimate of drug-likeness (QED) is 0.746. The van der Waals surface area contributed by atoms with Gasteiger partial charge in [0.2, 0.25) is 0 Å². The Hall–Kier alpha value is -1.75. The third-order valence-electron chi connectivity index (χ3n) is 3.80. The van der Waals surface area contributed by atoms with Crippen LogP contribution in [0.5, 0.6) is 0 Å². The third kappa shape index (κ3) is 4.11. The molecule has 0 radical (unpaired) electrons. The van der Waals surface area contributed by atoms with Crippen LogP contribution < -0.4 is 10.6 Å². The molecule has 2 amide bonds. The Morgan fingerprint density at radius 3 is 2.38 bits per heavy atom. The molecule has 1 saturated carbocycles. The van der Waals surface area contributed by atoms with Gasteiger partial charge in [-0.05, 0) is 31.0 Å². The molecule has 1 aliphatic carbocycles. The molecule has 0 aliphatic heterocycles. The van der Waals surface area contributed by atoms with Crippen molar-refractivity contribution in [3.8, 4) is 0 Å². The monoisotopic (exact) mass is 310 g/mol. The van der Waals surface area contributed by atoms with Gasteiger partial charge < -0.3 is 15.7 Å². The zero-order valence-corrected chi connectivity index (χ0v) is 12.4. The number of urea groups is 1. The molecule has 1 aromatic carbocycles. The van der Waals surface area contributed by atoms with Gasteiger partial charge in [0.05, 0.1) is 0 Å². The fourth-order valence-electron chi connectivity index (χ4n) is 2.67. The number of benzene rings is 1. The number of carbonyl (C=O) groups is 2. The minimum Gasteiger partial charge on any atom is -0.480 e. The van der Waals surface area contributed by atoms with Gasteiger partial charge in [0.1, 0.15) is 5.54 Å². The molecule has 0 saturated heterocycles. The highest BCUT2D eigenvalue weighted by Gasteiger charge is 2.40. The molecule has 0 atom stereocenters. The Morgan fingerprint density at radius 1 is 1.14 bits per heavy atom. The molecule has 6 heteroatoms. The van der Waals surface area contributed by atoms with E-state index in [9.17, 15) is 14.7 Å². The molecule has 0 heterocycles. The molecule has 21 heavy (non-hydrogen) atoms. The van der Waals surface area contributed by atoms with Crippen LogP contribution in [0.3, 0.4) is 0 Å². The summed E-state index contributed by atoms with van der Waals surface area (Å²) in [5, 5.41) is 15.3. The highest BCUT2D eigenvalue weighted by molar-refractivity contribution is 6.30. The van der Waals surface area contributed by atoms with Crippen LogP contribution in [0.4, 0.5) is 10.5 Å². The van der Waals surface area contributed by atoms with E-state index in [1.165, 1.54) is 0 Å². The van der Waals surface area contributed by atoms with Gasteiger partial charge in [-0.1, -0.05) is 43.4 Å². The number of hydrogen-bond acceptors (Lipinski definition) is 2. The topological polar surface area (TPSA) is 78.4 Å². The van der Waals surface area contributed by atoms with Crippen molar-refractivity contribution in [3.63, 3.8) is 0 Å². The number of carboxylic acids is 1. The summed E-state index contributed by atoms with van der Waals surface area (Å²) in [4.78, 5) is 23.7. The van der Waals surface area contributed by atoms with Gasteiger partial charge in [-0.2, -0.15) is 0 Å². The van der Waals surface area contributed by atoms with Crippen LogP contribution in [0.1, 0.15) is 38.5 Å². The van der Waals surface area contributed by atoms with Crippen LogP contribution in [0.15, 0.2) is 24.3 Å². The molecule has 0 bridgehead atoms. The van der Waals surface area contributed by atoms with Crippen molar-refractivity contribution in [1.29, 1.82) is 0 Å². The van der Waals surface area contributed by atoms with Gasteiger partial charge in [-0.25, -0.2) is 9.59 Å². The Bertz CT molecular complexity index is 525. The van der Waals surface area contributed by atoms with Gasteiger partial charge in [0.15, 0.2) is 0 Å².